The number of nitrogens with zero attached hydrogens (tertiary/aromatic N) is 1. The summed E-state index contributed by atoms with van der Waals surface area (Å²) >= 11 is 0. The molecule has 0 saturated heterocycles. The first-order chi connectivity index (χ1) is 17.6. The molecular weight excluding hydrogens is 504 g/mol. The molecule has 198 valence electrons. The van der Waals surface area contributed by atoms with Crippen molar-refractivity contribution in [3.63, 3.8) is 0 Å². The van der Waals surface area contributed by atoms with E-state index in [1.54, 1.807) is 0 Å². The van der Waals surface area contributed by atoms with Crippen LogP contribution in [-0.2, 0) is 36.7 Å². The van der Waals surface area contributed by atoms with Crippen LogP contribution in [-0.4, -0.2) is 62.1 Å². The van der Waals surface area contributed by atoms with Gasteiger partial charge in [-0.25, -0.2) is 4.79 Å². The zero-order valence-corrected chi connectivity index (χ0v) is 20.6. The molecule has 1 amide bonds. The van der Waals surface area contributed by atoms with E-state index in [1.807, 2.05) is 48.5 Å². The van der Waals surface area contributed by atoms with Crippen LogP contribution >= 0.6 is 0 Å². The Morgan fingerprint density at radius 2 is 1.81 bits per heavy atom. The summed E-state index contributed by atoms with van der Waals surface area (Å²) in [5.41, 5.74) is -1.04. The van der Waals surface area contributed by atoms with Gasteiger partial charge in [0.25, 0.3) is 0 Å². The van der Waals surface area contributed by atoms with E-state index in [0.717, 1.165) is 21.9 Å². The second kappa shape index (κ2) is 11.4. The van der Waals surface area contributed by atoms with E-state index in [1.165, 1.54) is 0 Å². The van der Waals surface area contributed by atoms with E-state index in [0.29, 0.717) is 19.3 Å². The number of hydrogen-bond donors (Lipinski definition) is 5. The Labute approximate surface area is 215 Å². The van der Waals surface area contributed by atoms with E-state index in [9.17, 15) is 24.6 Å². The standard InChI is InChI=1S/C25H28N2O9S/c28-21(12-25(34,24(32)33)13-22(29)30)26-18-5-3-7-20(23(18)31)35-14-15-8-10-16(11-9-15)37-27-17-4-1-2-6-19(17)36-37/h1-2,4,6,8-11,18,20,23,31,34H,3,5,7,12-14H2,(H,26,28)(H,29,30)(H,32,33). The first-order valence-electron chi connectivity index (χ1n) is 11.7. The van der Waals surface area contributed by atoms with Gasteiger partial charge in [-0.05, 0) is 49.1 Å². The Morgan fingerprint density at radius 1 is 1.08 bits per heavy atom. The van der Waals surface area contributed by atoms with Crippen molar-refractivity contribution in [1.82, 2.24) is 5.32 Å². The molecule has 0 bridgehead atoms. The van der Waals surface area contributed by atoms with Crippen molar-refractivity contribution < 1.29 is 43.7 Å². The van der Waals surface area contributed by atoms with Gasteiger partial charge in [-0.3, -0.25) is 9.59 Å². The summed E-state index contributed by atoms with van der Waals surface area (Å²) in [7, 11) is -0.717. The number of carbonyl (C=O) groups excluding carboxylic acids is 1. The van der Waals surface area contributed by atoms with E-state index in [2.05, 4.69) is 9.68 Å². The molecule has 1 heterocycles. The number of benzene rings is 2. The summed E-state index contributed by atoms with van der Waals surface area (Å²) in [6.45, 7) is 0.228. The zero-order valence-electron chi connectivity index (χ0n) is 19.8. The number of carboxylic acid groups (broad SMARTS) is 2. The third-order valence-electron chi connectivity index (χ3n) is 6.24. The number of aliphatic hydroxyl groups excluding tert-OH is 1. The van der Waals surface area contributed by atoms with Gasteiger partial charge in [0.1, 0.15) is 22.8 Å². The van der Waals surface area contributed by atoms with Crippen LogP contribution in [0.3, 0.4) is 0 Å². The molecule has 0 radical (unpaired) electrons. The third kappa shape index (κ3) is 6.52. The van der Waals surface area contributed by atoms with Crippen molar-refractivity contribution in [1.29, 1.82) is 0 Å². The second-order valence-corrected chi connectivity index (χ2v) is 10.4. The third-order valence-corrected chi connectivity index (χ3v) is 7.62. The Morgan fingerprint density at radius 3 is 2.49 bits per heavy atom. The number of amides is 1. The summed E-state index contributed by atoms with van der Waals surface area (Å²) in [5, 5.41) is 41.3. The van der Waals surface area contributed by atoms with Crippen molar-refractivity contribution in [2.45, 2.75) is 67.5 Å². The quantitative estimate of drug-likeness (QED) is 0.307. The number of nitrogens with one attached hydrogen (secondary N) is 1. The molecule has 1 fully saturated rings. The van der Waals surface area contributed by atoms with Gasteiger partial charge in [-0.2, -0.15) is 4.36 Å². The Hall–Kier alpha value is -3.32. The lowest BCUT2D eigenvalue weighted by Gasteiger charge is -2.35. The number of aliphatic hydroxyl groups is 2. The van der Waals surface area contributed by atoms with Crippen LogP contribution in [0.5, 0.6) is 5.75 Å². The number of aliphatic carboxylic acids is 2. The van der Waals surface area contributed by atoms with Gasteiger partial charge in [0.2, 0.25) is 5.91 Å². The first-order valence-corrected chi connectivity index (χ1v) is 12.8. The molecule has 5 atom stereocenters. The lowest BCUT2D eigenvalue weighted by atomic mass is 9.89. The topological polar surface area (TPSA) is 175 Å². The molecule has 12 heteroatoms. The Bertz CT molecular complexity index is 1200. The molecule has 1 aliphatic carbocycles. The highest BCUT2D eigenvalue weighted by Crippen LogP contribution is 2.36. The molecule has 2 aromatic rings. The van der Waals surface area contributed by atoms with Crippen molar-refractivity contribution in [2.24, 2.45) is 4.36 Å². The lowest BCUT2D eigenvalue weighted by Crippen LogP contribution is -2.54. The Kier molecular flexibility index (Phi) is 8.22. The normalized spacial score (nSPS) is 24.2. The molecule has 0 spiro atoms. The zero-order chi connectivity index (χ0) is 26.6. The predicted octanol–water partition coefficient (Wildman–Crippen LogP) is 2.08. The van der Waals surface area contributed by atoms with Gasteiger partial charge in [-0.1, -0.05) is 24.3 Å². The van der Waals surface area contributed by atoms with Crippen LogP contribution in [0.4, 0.5) is 5.69 Å². The second-order valence-electron chi connectivity index (χ2n) is 9.06. The van der Waals surface area contributed by atoms with Crippen LogP contribution in [0, 0.1) is 0 Å². The van der Waals surface area contributed by atoms with Crippen molar-refractivity contribution in [3.05, 3.63) is 54.1 Å². The van der Waals surface area contributed by atoms with Crippen molar-refractivity contribution in [3.8, 4) is 5.75 Å². The number of carboxylic acids is 2. The van der Waals surface area contributed by atoms with E-state index in [4.69, 9.17) is 19.1 Å². The average Bonchev–Trinajstić information content (AvgIpc) is 3.28. The van der Waals surface area contributed by atoms with Gasteiger partial charge < -0.3 is 34.7 Å². The highest BCUT2D eigenvalue weighted by atomic mass is 32.2. The minimum Gasteiger partial charge on any atom is -0.481 e. The molecule has 11 nitrogen and oxygen atoms in total. The SMILES string of the molecule is O=C(O)CC(O)(CC(=O)NC1CCCC(OCc2ccc(S3=Nc4ccccc4O3)cc2)C1O)C(=O)O. The number of para-hydroxylation sites is 1. The molecule has 0 aromatic heterocycles. The number of fused-ring (bicyclic) bond motifs is 1. The van der Waals surface area contributed by atoms with Crippen molar-refractivity contribution in [2.75, 3.05) is 0 Å². The molecule has 2 aromatic carbocycles. The predicted molar refractivity (Wildman–Crippen MR) is 131 cm³/mol. The maximum Gasteiger partial charge on any atom is 0.336 e. The number of hydrogen-bond acceptors (Lipinski definition) is 8. The van der Waals surface area contributed by atoms with Crippen LogP contribution in [0.2, 0.25) is 0 Å². The molecule has 1 aliphatic heterocycles. The van der Waals surface area contributed by atoms with Gasteiger partial charge in [0.15, 0.2) is 11.4 Å². The van der Waals surface area contributed by atoms with Gasteiger partial charge in [0, 0.05) is 0 Å². The van der Waals surface area contributed by atoms with Crippen molar-refractivity contribution >= 4 is 34.5 Å². The smallest absolute Gasteiger partial charge is 0.336 e. The summed E-state index contributed by atoms with van der Waals surface area (Å²) in [6, 6.07) is 14.5. The summed E-state index contributed by atoms with van der Waals surface area (Å²) < 4.78 is 16.4. The fourth-order valence-corrected chi connectivity index (χ4v) is 5.52. The van der Waals surface area contributed by atoms with Crippen LogP contribution in [0.25, 0.3) is 0 Å². The molecule has 2 aliphatic rings. The molecule has 1 saturated carbocycles. The number of rotatable bonds is 10. The molecule has 37 heavy (non-hydrogen) atoms. The van der Waals surface area contributed by atoms with Crippen LogP contribution < -0.4 is 9.50 Å². The van der Waals surface area contributed by atoms with E-state index in [-0.39, 0.29) is 6.61 Å². The average molecular weight is 533 g/mol. The maximum absolute atomic E-state index is 12.4. The molecule has 5 unspecified atom stereocenters. The monoisotopic (exact) mass is 532 g/mol. The molecular formula is C25H28N2O9S. The van der Waals surface area contributed by atoms with Crippen LogP contribution in [0.15, 0.2) is 57.8 Å². The first kappa shape index (κ1) is 26.7. The van der Waals surface area contributed by atoms with E-state index < -0.39 is 65.5 Å². The van der Waals surface area contributed by atoms with Gasteiger partial charge in [-0.15, -0.1) is 0 Å². The number of ether oxygens (including phenoxy) is 1. The number of carbonyl (C=O) groups is 3. The Balaban J connectivity index is 1.30. The van der Waals surface area contributed by atoms with Gasteiger partial charge in [0.05, 0.1) is 36.5 Å². The lowest BCUT2D eigenvalue weighted by molar-refractivity contribution is -0.168. The summed E-state index contributed by atoms with van der Waals surface area (Å²) in [5.74, 6) is -3.47. The minimum atomic E-state index is -2.74. The summed E-state index contributed by atoms with van der Waals surface area (Å²) in [4.78, 5) is 35.5. The van der Waals surface area contributed by atoms with Gasteiger partial charge >= 0.3 is 11.9 Å². The minimum absolute atomic E-state index is 0.228. The summed E-state index contributed by atoms with van der Waals surface area (Å²) in [6.07, 6.45) is -2.05. The van der Waals surface area contributed by atoms with E-state index >= 15 is 0 Å². The van der Waals surface area contributed by atoms with Crippen LogP contribution in [0.1, 0.15) is 37.7 Å². The highest BCUT2D eigenvalue weighted by Gasteiger charge is 2.42. The maximum atomic E-state index is 12.4. The fraction of sp³-hybridized carbons (Fsp3) is 0.400. The largest absolute Gasteiger partial charge is 0.481 e. The highest BCUT2D eigenvalue weighted by molar-refractivity contribution is 7.83. The molecule has 5 N–H and O–H groups in total. The fourth-order valence-electron chi connectivity index (χ4n) is 4.27. The molecule has 4 rings (SSSR count).